The van der Waals surface area contributed by atoms with Gasteiger partial charge >= 0.3 is 8.80 Å². The Morgan fingerprint density at radius 3 is 2.21 bits per heavy atom. The van der Waals surface area contributed by atoms with E-state index in [1.807, 2.05) is 20.8 Å². The normalized spacial score (nSPS) is 18.0. The average molecular weight is 491 g/mol. The molecule has 5 heteroatoms. The number of rotatable bonds is 16. The van der Waals surface area contributed by atoms with Crippen LogP contribution in [0.3, 0.4) is 0 Å². The van der Waals surface area contributed by atoms with Gasteiger partial charge in [-0.15, -0.1) is 0 Å². The number of ether oxygens (including phenoxy) is 1. The Balaban J connectivity index is 2.46. The summed E-state index contributed by atoms with van der Waals surface area (Å²) in [7, 11) is -2.56. The SMILES string of the molecule is CCO[Si](CCCOCC=C(C)C=CC=C(C)C=CC1=C(C)CCCC1(C)C)(OCC)OCC. The van der Waals surface area contributed by atoms with Gasteiger partial charge in [-0.2, -0.15) is 0 Å². The molecule has 0 atom stereocenters. The fourth-order valence-corrected chi connectivity index (χ4v) is 6.95. The molecule has 34 heavy (non-hydrogen) atoms. The fraction of sp³-hybridized carbons (Fsp3) is 0.655. The van der Waals surface area contributed by atoms with Crippen LogP contribution in [0.25, 0.3) is 0 Å². The maximum absolute atomic E-state index is 5.89. The summed E-state index contributed by atoms with van der Waals surface area (Å²) in [5.74, 6) is 0. The van der Waals surface area contributed by atoms with Gasteiger partial charge in [0.25, 0.3) is 0 Å². The third-order valence-electron chi connectivity index (χ3n) is 6.16. The molecule has 0 aromatic rings. The highest BCUT2D eigenvalue weighted by molar-refractivity contribution is 6.60. The van der Waals surface area contributed by atoms with E-state index in [0.717, 1.165) is 12.5 Å². The fourth-order valence-electron chi connectivity index (χ4n) is 4.37. The van der Waals surface area contributed by atoms with Crippen molar-refractivity contribution in [2.75, 3.05) is 33.0 Å². The maximum Gasteiger partial charge on any atom is 0.501 e. The molecule has 194 valence electrons. The van der Waals surface area contributed by atoms with Crippen molar-refractivity contribution >= 4 is 8.80 Å². The second-order valence-corrected chi connectivity index (χ2v) is 12.4. The molecule has 0 saturated carbocycles. The van der Waals surface area contributed by atoms with E-state index >= 15 is 0 Å². The van der Waals surface area contributed by atoms with Crippen LogP contribution < -0.4 is 0 Å². The van der Waals surface area contributed by atoms with E-state index in [1.54, 1.807) is 0 Å². The zero-order chi connectivity index (χ0) is 25.5. The number of allylic oxidation sites excluding steroid dienone is 9. The van der Waals surface area contributed by atoms with E-state index < -0.39 is 8.80 Å². The zero-order valence-electron chi connectivity index (χ0n) is 23.2. The lowest BCUT2D eigenvalue weighted by atomic mass is 9.72. The summed E-state index contributed by atoms with van der Waals surface area (Å²) in [4.78, 5) is 0. The van der Waals surface area contributed by atoms with Crippen molar-refractivity contribution < 1.29 is 18.0 Å². The molecule has 0 aromatic heterocycles. The molecule has 0 aromatic carbocycles. The van der Waals surface area contributed by atoms with Gasteiger partial charge in [-0.1, -0.05) is 67.0 Å². The van der Waals surface area contributed by atoms with Crippen LogP contribution in [0.1, 0.15) is 81.1 Å². The minimum atomic E-state index is -2.56. The van der Waals surface area contributed by atoms with Crippen LogP contribution in [-0.4, -0.2) is 41.8 Å². The van der Waals surface area contributed by atoms with Crippen molar-refractivity contribution in [1.82, 2.24) is 0 Å². The molecule has 0 spiro atoms. The van der Waals surface area contributed by atoms with Crippen LogP contribution in [0.4, 0.5) is 0 Å². The van der Waals surface area contributed by atoms with Crippen molar-refractivity contribution in [3.8, 4) is 0 Å². The molecule has 0 N–H and O–H groups in total. The monoisotopic (exact) mass is 490 g/mol. The van der Waals surface area contributed by atoms with Gasteiger partial charge in [0.05, 0.1) is 6.61 Å². The van der Waals surface area contributed by atoms with Crippen LogP contribution in [-0.2, 0) is 18.0 Å². The minimum Gasteiger partial charge on any atom is -0.377 e. The molecule has 1 aliphatic carbocycles. The summed E-state index contributed by atoms with van der Waals surface area (Å²) in [5, 5.41) is 0. The molecule has 0 saturated heterocycles. The van der Waals surface area contributed by atoms with Crippen molar-refractivity contribution in [1.29, 1.82) is 0 Å². The standard InChI is InChI=1S/C29H50O4Si/c1-9-31-34(32-10-2,33-11-3)24-14-22-30-23-20-26(5)16-12-15-25(4)18-19-28-27(6)17-13-21-29(28,7)8/h12,15-16,18-20H,9-11,13-14,17,21-24H2,1-8H3. The van der Waals surface area contributed by atoms with Crippen LogP contribution in [0.15, 0.2) is 58.7 Å². The first-order chi connectivity index (χ1) is 16.2. The quantitative estimate of drug-likeness (QED) is 0.125. The van der Waals surface area contributed by atoms with Gasteiger partial charge in [0, 0.05) is 32.5 Å². The number of hydrogen-bond donors (Lipinski definition) is 0. The lowest BCUT2D eigenvalue weighted by Crippen LogP contribution is -2.46. The molecule has 4 nitrogen and oxygen atoms in total. The Morgan fingerprint density at radius 2 is 1.62 bits per heavy atom. The summed E-state index contributed by atoms with van der Waals surface area (Å²) >= 11 is 0. The summed E-state index contributed by atoms with van der Waals surface area (Å²) in [6, 6.07) is 0.788. The summed E-state index contributed by atoms with van der Waals surface area (Å²) in [6.45, 7) is 20.3. The molecule has 0 heterocycles. The van der Waals surface area contributed by atoms with Crippen molar-refractivity contribution in [2.45, 2.75) is 87.1 Å². The van der Waals surface area contributed by atoms with Gasteiger partial charge in [-0.3, -0.25) is 0 Å². The first-order valence-corrected chi connectivity index (χ1v) is 15.0. The smallest absolute Gasteiger partial charge is 0.377 e. The summed E-state index contributed by atoms with van der Waals surface area (Å²) < 4.78 is 23.5. The van der Waals surface area contributed by atoms with E-state index in [9.17, 15) is 0 Å². The molecule has 1 aliphatic rings. The largest absolute Gasteiger partial charge is 0.501 e. The van der Waals surface area contributed by atoms with E-state index in [0.29, 0.717) is 33.0 Å². The predicted molar refractivity (Wildman–Crippen MR) is 147 cm³/mol. The first kappa shape index (κ1) is 30.8. The van der Waals surface area contributed by atoms with Gasteiger partial charge in [0.2, 0.25) is 0 Å². The van der Waals surface area contributed by atoms with Gasteiger partial charge in [-0.05, 0) is 78.2 Å². The highest BCUT2D eigenvalue weighted by Crippen LogP contribution is 2.40. The minimum absolute atomic E-state index is 0.285. The Labute approximate surface area is 211 Å². The van der Waals surface area contributed by atoms with E-state index in [1.165, 1.54) is 41.6 Å². The Morgan fingerprint density at radius 1 is 0.971 bits per heavy atom. The van der Waals surface area contributed by atoms with Gasteiger partial charge < -0.3 is 18.0 Å². The molecular weight excluding hydrogens is 440 g/mol. The molecule has 1 rings (SSSR count). The molecule has 0 aliphatic heterocycles. The lowest BCUT2D eigenvalue weighted by Gasteiger charge is -2.32. The van der Waals surface area contributed by atoms with Gasteiger partial charge in [0.1, 0.15) is 0 Å². The van der Waals surface area contributed by atoms with Crippen LogP contribution in [0.2, 0.25) is 6.04 Å². The molecule has 0 unspecified atom stereocenters. The lowest BCUT2D eigenvalue weighted by molar-refractivity contribution is 0.0672. The second kappa shape index (κ2) is 16.4. The molecular formula is C29H50O4Si. The molecule has 0 amide bonds. The zero-order valence-corrected chi connectivity index (χ0v) is 24.2. The van der Waals surface area contributed by atoms with Crippen LogP contribution in [0.5, 0.6) is 0 Å². The van der Waals surface area contributed by atoms with Crippen molar-refractivity contribution in [3.63, 3.8) is 0 Å². The summed E-state index contributed by atoms with van der Waals surface area (Å²) in [5.41, 5.74) is 5.78. The Bertz CT molecular complexity index is 726. The predicted octanol–water partition coefficient (Wildman–Crippen LogP) is 7.97. The second-order valence-electron chi connectivity index (χ2n) is 9.64. The van der Waals surface area contributed by atoms with Gasteiger partial charge in [0.15, 0.2) is 0 Å². The highest BCUT2D eigenvalue weighted by Gasteiger charge is 2.39. The summed E-state index contributed by atoms with van der Waals surface area (Å²) in [6.07, 6.45) is 17.8. The van der Waals surface area contributed by atoms with Crippen LogP contribution >= 0.6 is 0 Å². The first-order valence-electron chi connectivity index (χ1n) is 13.1. The molecule has 0 bridgehead atoms. The highest BCUT2D eigenvalue weighted by atomic mass is 28.4. The maximum atomic E-state index is 5.89. The number of hydrogen-bond acceptors (Lipinski definition) is 4. The van der Waals surface area contributed by atoms with E-state index in [4.69, 9.17) is 18.0 Å². The molecule has 0 fully saturated rings. The average Bonchev–Trinajstić information content (AvgIpc) is 2.76. The van der Waals surface area contributed by atoms with Crippen LogP contribution in [0, 0.1) is 5.41 Å². The van der Waals surface area contributed by atoms with E-state index in [-0.39, 0.29) is 5.41 Å². The topological polar surface area (TPSA) is 36.9 Å². The van der Waals surface area contributed by atoms with Gasteiger partial charge in [-0.25, -0.2) is 0 Å². The molecule has 0 radical (unpaired) electrons. The Hall–Kier alpha value is -1.24. The Kier molecular flexibility index (Phi) is 14.9. The van der Waals surface area contributed by atoms with Crippen molar-refractivity contribution in [2.24, 2.45) is 5.41 Å². The van der Waals surface area contributed by atoms with E-state index in [2.05, 4.69) is 71.1 Å². The third kappa shape index (κ3) is 11.5. The van der Waals surface area contributed by atoms with Crippen molar-refractivity contribution in [3.05, 3.63) is 58.7 Å². The third-order valence-corrected chi connectivity index (χ3v) is 9.31.